The highest BCUT2D eigenvalue weighted by Gasteiger charge is 2.09. The molecule has 1 aromatic rings. The van der Waals surface area contributed by atoms with E-state index in [0.29, 0.717) is 0 Å². The molecule has 1 N–H and O–H groups in total. The number of sulfonamides is 1. The van der Waals surface area contributed by atoms with Gasteiger partial charge in [-0.1, -0.05) is 34.8 Å². The molecular formula is C7H6Cl3NO2S. The fourth-order valence-electron chi connectivity index (χ4n) is 0.801. The molecule has 0 aliphatic heterocycles. The van der Waals surface area contributed by atoms with E-state index in [9.17, 15) is 8.42 Å². The van der Waals surface area contributed by atoms with Gasteiger partial charge in [0.2, 0.25) is 10.0 Å². The lowest BCUT2D eigenvalue weighted by atomic mass is 10.3. The van der Waals surface area contributed by atoms with Gasteiger partial charge in [-0.25, -0.2) is 8.42 Å². The molecule has 0 saturated carbocycles. The Balaban J connectivity index is 3.17. The Morgan fingerprint density at radius 1 is 1.07 bits per heavy atom. The maximum atomic E-state index is 10.9. The van der Waals surface area contributed by atoms with Gasteiger partial charge in [0.15, 0.2) is 0 Å². The lowest BCUT2D eigenvalue weighted by Crippen LogP contribution is -2.09. The summed E-state index contributed by atoms with van der Waals surface area (Å²) in [5, 5.41) is 0.711. The van der Waals surface area contributed by atoms with Crippen LogP contribution in [0, 0.1) is 0 Å². The second-order valence-corrected chi connectivity index (χ2v) is 5.59. The van der Waals surface area contributed by atoms with Crippen LogP contribution < -0.4 is 4.72 Å². The predicted molar refractivity (Wildman–Crippen MR) is 59.9 cm³/mol. The molecule has 0 unspecified atom stereocenters. The van der Waals surface area contributed by atoms with Crippen LogP contribution in [-0.2, 0) is 10.0 Å². The largest absolute Gasteiger partial charge is 0.282 e. The molecular weight excluding hydrogens is 269 g/mol. The van der Waals surface area contributed by atoms with Gasteiger partial charge >= 0.3 is 0 Å². The summed E-state index contributed by atoms with van der Waals surface area (Å²) in [5.74, 6) is 0. The van der Waals surface area contributed by atoms with Gasteiger partial charge in [-0.15, -0.1) is 0 Å². The van der Waals surface area contributed by atoms with Gasteiger partial charge in [-0.3, -0.25) is 4.72 Å². The molecule has 0 bridgehead atoms. The van der Waals surface area contributed by atoms with Crippen LogP contribution in [0.1, 0.15) is 0 Å². The normalized spacial score (nSPS) is 11.4. The first-order chi connectivity index (χ1) is 6.29. The zero-order valence-corrected chi connectivity index (χ0v) is 10.1. The van der Waals surface area contributed by atoms with Crippen molar-refractivity contribution < 1.29 is 8.42 Å². The summed E-state index contributed by atoms with van der Waals surface area (Å²) in [6, 6.07) is 2.73. The predicted octanol–water partition coefficient (Wildman–Crippen LogP) is 3.02. The molecule has 0 aliphatic carbocycles. The zero-order valence-electron chi connectivity index (χ0n) is 7.01. The van der Waals surface area contributed by atoms with E-state index in [0.717, 1.165) is 6.26 Å². The lowest BCUT2D eigenvalue weighted by molar-refractivity contribution is 0.607. The van der Waals surface area contributed by atoms with Gasteiger partial charge in [0.1, 0.15) is 0 Å². The molecule has 0 amide bonds. The Morgan fingerprint density at radius 3 is 2.07 bits per heavy atom. The summed E-state index contributed by atoms with van der Waals surface area (Å²) in [5.41, 5.74) is 0.212. The first-order valence-corrected chi connectivity index (χ1v) is 6.44. The molecule has 0 radical (unpaired) electrons. The molecule has 0 atom stereocenters. The van der Waals surface area contributed by atoms with E-state index in [1.807, 2.05) is 0 Å². The molecule has 1 aromatic carbocycles. The third-order valence-electron chi connectivity index (χ3n) is 1.31. The minimum Gasteiger partial charge on any atom is -0.282 e. The van der Waals surface area contributed by atoms with Crippen molar-refractivity contribution >= 4 is 50.5 Å². The van der Waals surface area contributed by atoms with Crippen molar-refractivity contribution in [1.82, 2.24) is 0 Å². The standard InChI is InChI=1S/C7H6Cl3NO2S/c1-14(12,13)11-7-3-5(9)4(8)2-6(7)10/h2-3,11H,1H3. The molecule has 0 aliphatic rings. The number of anilines is 1. The van der Waals surface area contributed by atoms with Crippen molar-refractivity contribution in [2.75, 3.05) is 11.0 Å². The van der Waals surface area contributed by atoms with E-state index in [-0.39, 0.29) is 20.8 Å². The maximum absolute atomic E-state index is 10.9. The van der Waals surface area contributed by atoms with Crippen molar-refractivity contribution in [3.8, 4) is 0 Å². The van der Waals surface area contributed by atoms with Gasteiger partial charge < -0.3 is 0 Å². The topological polar surface area (TPSA) is 46.2 Å². The van der Waals surface area contributed by atoms with Crippen LogP contribution in [0.5, 0.6) is 0 Å². The second-order valence-electron chi connectivity index (χ2n) is 2.62. The number of halogens is 3. The smallest absolute Gasteiger partial charge is 0.229 e. The van der Waals surface area contributed by atoms with E-state index in [2.05, 4.69) is 4.72 Å². The molecule has 78 valence electrons. The van der Waals surface area contributed by atoms with Crippen LogP contribution in [0.4, 0.5) is 5.69 Å². The Bertz CT molecular complexity index is 458. The van der Waals surface area contributed by atoms with Crippen LogP contribution in [0.3, 0.4) is 0 Å². The fourth-order valence-corrected chi connectivity index (χ4v) is 2.02. The quantitative estimate of drug-likeness (QED) is 0.843. The third kappa shape index (κ3) is 3.20. The average molecular weight is 275 g/mol. The van der Waals surface area contributed by atoms with Crippen molar-refractivity contribution in [3.63, 3.8) is 0 Å². The molecule has 0 fully saturated rings. The highest BCUT2D eigenvalue weighted by atomic mass is 35.5. The third-order valence-corrected chi connectivity index (χ3v) is 2.93. The minimum atomic E-state index is -3.37. The van der Waals surface area contributed by atoms with Gasteiger partial charge in [-0.05, 0) is 12.1 Å². The monoisotopic (exact) mass is 273 g/mol. The summed E-state index contributed by atoms with van der Waals surface area (Å²) >= 11 is 17.1. The number of benzene rings is 1. The first kappa shape index (κ1) is 11.9. The van der Waals surface area contributed by atoms with E-state index in [1.54, 1.807) is 0 Å². The highest BCUT2D eigenvalue weighted by Crippen LogP contribution is 2.32. The van der Waals surface area contributed by atoms with Crippen molar-refractivity contribution in [2.24, 2.45) is 0 Å². The minimum absolute atomic E-state index is 0.199. The van der Waals surface area contributed by atoms with Crippen molar-refractivity contribution in [3.05, 3.63) is 27.2 Å². The molecule has 14 heavy (non-hydrogen) atoms. The van der Waals surface area contributed by atoms with E-state index in [1.165, 1.54) is 12.1 Å². The Hall–Kier alpha value is -0.160. The van der Waals surface area contributed by atoms with Crippen molar-refractivity contribution in [1.29, 1.82) is 0 Å². The molecule has 0 aromatic heterocycles. The SMILES string of the molecule is CS(=O)(=O)Nc1cc(Cl)c(Cl)cc1Cl. The number of hydrogen-bond acceptors (Lipinski definition) is 2. The maximum Gasteiger partial charge on any atom is 0.229 e. The van der Waals surface area contributed by atoms with Gasteiger partial charge in [0.05, 0.1) is 27.0 Å². The zero-order chi connectivity index (χ0) is 10.9. The molecule has 0 spiro atoms. The number of rotatable bonds is 2. The van der Waals surface area contributed by atoms with Crippen molar-refractivity contribution in [2.45, 2.75) is 0 Å². The summed E-state index contributed by atoms with van der Waals surface area (Å²) < 4.78 is 24.0. The Kier molecular flexibility index (Phi) is 3.53. The van der Waals surface area contributed by atoms with E-state index < -0.39 is 10.0 Å². The van der Waals surface area contributed by atoms with E-state index >= 15 is 0 Å². The molecule has 0 heterocycles. The lowest BCUT2D eigenvalue weighted by Gasteiger charge is -2.07. The highest BCUT2D eigenvalue weighted by molar-refractivity contribution is 7.92. The Labute approximate surface area is 97.0 Å². The summed E-state index contributed by atoms with van der Waals surface area (Å²) in [7, 11) is -3.37. The summed E-state index contributed by atoms with van der Waals surface area (Å²) in [4.78, 5) is 0. The summed E-state index contributed by atoms with van der Waals surface area (Å²) in [6.45, 7) is 0. The van der Waals surface area contributed by atoms with Gasteiger partial charge in [0.25, 0.3) is 0 Å². The second kappa shape index (κ2) is 4.14. The Morgan fingerprint density at radius 2 is 1.57 bits per heavy atom. The van der Waals surface area contributed by atoms with Crippen LogP contribution >= 0.6 is 34.8 Å². The summed E-state index contributed by atoms with van der Waals surface area (Å²) in [6.07, 6.45) is 1.02. The van der Waals surface area contributed by atoms with Crippen LogP contribution in [-0.4, -0.2) is 14.7 Å². The van der Waals surface area contributed by atoms with Crippen LogP contribution in [0.2, 0.25) is 15.1 Å². The van der Waals surface area contributed by atoms with Gasteiger partial charge in [0, 0.05) is 0 Å². The average Bonchev–Trinajstić information content (AvgIpc) is 1.97. The van der Waals surface area contributed by atoms with Crippen LogP contribution in [0.25, 0.3) is 0 Å². The molecule has 1 rings (SSSR count). The fraction of sp³-hybridized carbons (Fsp3) is 0.143. The number of hydrogen-bond donors (Lipinski definition) is 1. The van der Waals surface area contributed by atoms with E-state index in [4.69, 9.17) is 34.8 Å². The first-order valence-electron chi connectivity index (χ1n) is 3.42. The number of nitrogens with one attached hydrogen (secondary N) is 1. The van der Waals surface area contributed by atoms with Gasteiger partial charge in [-0.2, -0.15) is 0 Å². The molecule has 3 nitrogen and oxygen atoms in total. The molecule has 7 heteroatoms. The molecule has 0 saturated heterocycles. The van der Waals surface area contributed by atoms with Crippen LogP contribution in [0.15, 0.2) is 12.1 Å².